The van der Waals surface area contributed by atoms with Gasteiger partial charge in [-0.1, -0.05) is 18.5 Å². The number of aryl methyl sites for hydroxylation is 1. The molecule has 0 aliphatic carbocycles. The van der Waals surface area contributed by atoms with Crippen molar-refractivity contribution in [2.45, 2.75) is 11.9 Å². The van der Waals surface area contributed by atoms with Gasteiger partial charge in [0.25, 0.3) is 10.0 Å². The molecule has 19 heavy (non-hydrogen) atoms. The first-order valence-electron chi connectivity index (χ1n) is 5.65. The first-order chi connectivity index (χ1) is 8.75. The van der Waals surface area contributed by atoms with Gasteiger partial charge in [0.15, 0.2) is 5.03 Å². The Morgan fingerprint density at radius 1 is 1.53 bits per heavy atom. The lowest BCUT2D eigenvalue weighted by Crippen LogP contribution is -2.31. The first-order valence-corrected chi connectivity index (χ1v) is 7.47. The molecule has 0 spiro atoms. The Morgan fingerprint density at radius 3 is 2.58 bits per heavy atom. The quantitative estimate of drug-likeness (QED) is 0.873. The van der Waals surface area contributed by atoms with Crippen molar-refractivity contribution >= 4 is 27.6 Å². The molecule has 106 valence electrons. The van der Waals surface area contributed by atoms with E-state index in [9.17, 15) is 13.2 Å². The number of carbonyl (C=O) groups is 1. The minimum absolute atomic E-state index is 0.0360. The van der Waals surface area contributed by atoms with E-state index in [1.165, 1.54) is 17.9 Å². The molecule has 0 bridgehead atoms. The van der Waals surface area contributed by atoms with Gasteiger partial charge >= 0.3 is 5.97 Å². The standard InChI is InChI=1S/C10H14ClN3O4S/c1-6-4-14(5-7(6)10(15)16)19(17,18)9-8(11)3-12-13(9)2/h3,6-7H,4-5H2,1-2H3,(H,15,16)/t6-,7-/m1/s1. The molecular weight excluding hydrogens is 294 g/mol. The first kappa shape index (κ1) is 14.3. The van der Waals surface area contributed by atoms with Crippen molar-refractivity contribution in [1.82, 2.24) is 14.1 Å². The number of hydrogen-bond donors (Lipinski definition) is 1. The summed E-state index contributed by atoms with van der Waals surface area (Å²) in [6.45, 7) is 1.85. The van der Waals surface area contributed by atoms with E-state index < -0.39 is 21.9 Å². The van der Waals surface area contributed by atoms with E-state index in [0.29, 0.717) is 0 Å². The van der Waals surface area contributed by atoms with E-state index in [-0.39, 0.29) is 29.1 Å². The highest BCUT2D eigenvalue weighted by atomic mass is 35.5. The zero-order chi connectivity index (χ0) is 14.4. The average Bonchev–Trinajstić information content (AvgIpc) is 2.83. The molecule has 1 N–H and O–H groups in total. The Kier molecular flexibility index (Phi) is 3.59. The van der Waals surface area contributed by atoms with Crippen molar-refractivity contribution in [2.75, 3.05) is 13.1 Å². The van der Waals surface area contributed by atoms with Crippen LogP contribution in [0.15, 0.2) is 11.2 Å². The van der Waals surface area contributed by atoms with E-state index in [0.717, 1.165) is 4.31 Å². The van der Waals surface area contributed by atoms with E-state index >= 15 is 0 Å². The van der Waals surface area contributed by atoms with Gasteiger partial charge in [-0.3, -0.25) is 9.48 Å². The molecule has 2 atom stereocenters. The summed E-state index contributed by atoms with van der Waals surface area (Å²) >= 11 is 5.84. The van der Waals surface area contributed by atoms with Crippen LogP contribution in [0.1, 0.15) is 6.92 Å². The lowest BCUT2D eigenvalue weighted by atomic mass is 9.99. The molecule has 0 aromatic carbocycles. The lowest BCUT2D eigenvalue weighted by Gasteiger charge is -2.16. The second-order valence-corrected chi connectivity index (χ2v) is 6.93. The van der Waals surface area contributed by atoms with E-state index in [4.69, 9.17) is 16.7 Å². The molecule has 0 amide bonds. The summed E-state index contributed by atoms with van der Waals surface area (Å²) in [5, 5.41) is 12.8. The topological polar surface area (TPSA) is 92.5 Å². The van der Waals surface area contributed by atoms with E-state index in [1.807, 2.05) is 0 Å². The van der Waals surface area contributed by atoms with Gasteiger partial charge in [-0.15, -0.1) is 0 Å². The van der Waals surface area contributed by atoms with Gasteiger partial charge in [0, 0.05) is 20.1 Å². The van der Waals surface area contributed by atoms with Crippen LogP contribution in [0, 0.1) is 11.8 Å². The smallest absolute Gasteiger partial charge is 0.308 e. The number of rotatable bonds is 3. The molecule has 2 heterocycles. The second-order valence-electron chi connectivity index (χ2n) is 4.67. The fourth-order valence-electron chi connectivity index (χ4n) is 2.25. The zero-order valence-corrected chi connectivity index (χ0v) is 12.0. The third-order valence-electron chi connectivity index (χ3n) is 3.32. The van der Waals surface area contributed by atoms with Crippen LogP contribution < -0.4 is 0 Å². The predicted molar refractivity (Wildman–Crippen MR) is 67.3 cm³/mol. The van der Waals surface area contributed by atoms with Crippen LogP contribution in [0.3, 0.4) is 0 Å². The van der Waals surface area contributed by atoms with Crippen LogP contribution in [0.5, 0.6) is 0 Å². The van der Waals surface area contributed by atoms with E-state index in [2.05, 4.69) is 5.10 Å². The molecule has 1 aliphatic rings. The summed E-state index contributed by atoms with van der Waals surface area (Å²) < 4.78 is 27.2. The van der Waals surface area contributed by atoms with Crippen LogP contribution in [-0.4, -0.2) is 46.7 Å². The Hall–Kier alpha value is -1.12. The number of aliphatic carboxylic acids is 1. The van der Waals surface area contributed by atoms with Crippen LogP contribution >= 0.6 is 11.6 Å². The molecule has 0 radical (unpaired) electrons. The molecule has 1 aliphatic heterocycles. The van der Waals surface area contributed by atoms with Crippen molar-refractivity contribution in [3.05, 3.63) is 11.2 Å². The number of halogens is 1. The third kappa shape index (κ3) is 2.35. The third-order valence-corrected chi connectivity index (χ3v) is 5.66. The summed E-state index contributed by atoms with van der Waals surface area (Å²) in [7, 11) is -2.34. The van der Waals surface area contributed by atoms with Crippen molar-refractivity contribution in [3.63, 3.8) is 0 Å². The van der Waals surface area contributed by atoms with Gasteiger partial charge in [0.05, 0.1) is 17.1 Å². The van der Waals surface area contributed by atoms with Gasteiger partial charge in [0.2, 0.25) is 0 Å². The Morgan fingerprint density at radius 2 is 2.16 bits per heavy atom. The normalized spacial score (nSPS) is 24.8. The summed E-state index contributed by atoms with van der Waals surface area (Å²) in [6.07, 6.45) is 1.25. The van der Waals surface area contributed by atoms with Crippen molar-refractivity contribution in [3.8, 4) is 0 Å². The van der Waals surface area contributed by atoms with Gasteiger partial charge in [-0.25, -0.2) is 8.42 Å². The fraction of sp³-hybridized carbons (Fsp3) is 0.600. The summed E-state index contributed by atoms with van der Waals surface area (Å²) in [5.74, 6) is -1.91. The van der Waals surface area contributed by atoms with Gasteiger partial charge in [-0.05, 0) is 5.92 Å². The van der Waals surface area contributed by atoms with Gasteiger partial charge in [0.1, 0.15) is 0 Å². The Balaban J connectivity index is 2.35. The fourth-order valence-corrected chi connectivity index (χ4v) is 4.42. The predicted octanol–water partition coefficient (Wildman–Crippen LogP) is 0.415. The highest BCUT2D eigenvalue weighted by molar-refractivity contribution is 7.89. The van der Waals surface area contributed by atoms with Gasteiger partial charge < -0.3 is 5.11 Å². The van der Waals surface area contributed by atoms with Crippen molar-refractivity contribution < 1.29 is 18.3 Å². The van der Waals surface area contributed by atoms with Crippen LogP contribution in [0.4, 0.5) is 0 Å². The highest BCUT2D eigenvalue weighted by Crippen LogP contribution is 2.31. The highest BCUT2D eigenvalue weighted by Gasteiger charge is 2.42. The molecule has 9 heteroatoms. The largest absolute Gasteiger partial charge is 0.481 e. The summed E-state index contributed by atoms with van der Waals surface area (Å²) in [6, 6.07) is 0. The SMILES string of the molecule is C[C@@H]1CN(S(=O)(=O)c2c(Cl)cnn2C)C[C@H]1C(=O)O. The zero-order valence-electron chi connectivity index (χ0n) is 10.4. The summed E-state index contributed by atoms with van der Waals surface area (Å²) in [5.41, 5.74) is 0. The lowest BCUT2D eigenvalue weighted by molar-refractivity contribution is -0.142. The van der Waals surface area contributed by atoms with Crippen LogP contribution in [-0.2, 0) is 21.9 Å². The van der Waals surface area contributed by atoms with Crippen molar-refractivity contribution in [1.29, 1.82) is 0 Å². The van der Waals surface area contributed by atoms with Crippen LogP contribution in [0.25, 0.3) is 0 Å². The molecule has 0 saturated carbocycles. The molecule has 2 rings (SSSR count). The molecular formula is C10H14ClN3O4S. The molecule has 1 fully saturated rings. The minimum atomic E-state index is -3.82. The molecule has 1 aromatic heterocycles. The number of hydrogen-bond acceptors (Lipinski definition) is 4. The molecule has 7 nitrogen and oxygen atoms in total. The maximum atomic E-state index is 12.4. The average molecular weight is 308 g/mol. The maximum absolute atomic E-state index is 12.4. The molecule has 1 aromatic rings. The second kappa shape index (κ2) is 4.77. The Bertz CT molecular complexity index is 593. The maximum Gasteiger partial charge on any atom is 0.308 e. The van der Waals surface area contributed by atoms with Gasteiger partial charge in [-0.2, -0.15) is 9.40 Å². The Labute approximate surface area is 115 Å². The van der Waals surface area contributed by atoms with Crippen molar-refractivity contribution in [2.24, 2.45) is 18.9 Å². The number of carboxylic acids is 1. The monoisotopic (exact) mass is 307 g/mol. The van der Waals surface area contributed by atoms with Crippen LogP contribution in [0.2, 0.25) is 5.02 Å². The number of carboxylic acid groups (broad SMARTS) is 1. The summed E-state index contributed by atoms with van der Waals surface area (Å²) in [4.78, 5) is 11.0. The number of sulfonamides is 1. The molecule has 1 saturated heterocycles. The van der Waals surface area contributed by atoms with E-state index in [1.54, 1.807) is 6.92 Å². The minimum Gasteiger partial charge on any atom is -0.481 e. The number of aromatic nitrogens is 2. The number of nitrogens with zero attached hydrogens (tertiary/aromatic N) is 3. The molecule has 0 unspecified atom stereocenters.